The van der Waals surface area contributed by atoms with Crippen molar-refractivity contribution in [2.45, 2.75) is 13.0 Å². The molecule has 1 heterocycles. The number of pyridine rings is 1. The van der Waals surface area contributed by atoms with E-state index in [0.717, 1.165) is 0 Å². The minimum absolute atomic E-state index is 0.223. The van der Waals surface area contributed by atoms with Crippen LogP contribution in [0.1, 0.15) is 17.3 Å². The molecule has 1 rings (SSSR count). The number of aromatic nitrogens is 1. The second-order valence-electron chi connectivity index (χ2n) is 3.24. The summed E-state index contributed by atoms with van der Waals surface area (Å²) in [5.41, 5.74) is 0.643. The van der Waals surface area contributed by atoms with Crippen LogP contribution in [-0.2, 0) is 4.74 Å². The maximum atomic E-state index is 12.4. The fourth-order valence-electron chi connectivity index (χ4n) is 1.13. The summed E-state index contributed by atoms with van der Waals surface area (Å²) in [6.45, 7) is 1.09. The predicted octanol–water partition coefficient (Wildman–Crippen LogP) is 2.29. The largest absolute Gasteiger partial charge is 0.465 e. The molecule has 1 atom stereocenters. The third-order valence-corrected chi connectivity index (χ3v) is 2.12. The van der Waals surface area contributed by atoms with Crippen molar-refractivity contribution in [3.05, 3.63) is 23.0 Å². The van der Waals surface area contributed by atoms with Crippen LogP contribution in [0.5, 0.6) is 0 Å². The van der Waals surface area contributed by atoms with Crippen LogP contribution in [0.2, 0.25) is 5.15 Å². The number of rotatable bonds is 4. The molecule has 16 heavy (non-hydrogen) atoms. The van der Waals surface area contributed by atoms with Crippen molar-refractivity contribution in [2.75, 3.05) is 19.1 Å². The number of halogens is 2. The first-order valence-corrected chi connectivity index (χ1v) is 5.02. The van der Waals surface area contributed by atoms with Gasteiger partial charge in [0.2, 0.25) is 0 Å². The number of alkyl halides is 1. The second kappa shape index (κ2) is 5.65. The van der Waals surface area contributed by atoms with Crippen LogP contribution in [-0.4, -0.2) is 30.8 Å². The summed E-state index contributed by atoms with van der Waals surface area (Å²) in [6.07, 6.45) is 1.29. The molecular formula is C10H12ClFN2O2. The number of nitrogens with one attached hydrogen (secondary N) is 1. The van der Waals surface area contributed by atoms with Crippen molar-refractivity contribution in [3.8, 4) is 0 Å². The van der Waals surface area contributed by atoms with Gasteiger partial charge in [0.1, 0.15) is 17.4 Å². The molecule has 0 saturated carbocycles. The van der Waals surface area contributed by atoms with Crippen molar-refractivity contribution in [3.63, 3.8) is 0 Å². The molecule has 0 amide bonds. The summed E-state index contributed by atoms with van der Waals surface area (Å²) in [4.78, 5) is 15.1. The summed E-state index contributed by atoms with van der Waals surface area (Å²) in [6, 6.07) is 1.04. The topological polar surface area (TPSA) is 51.2 Å². The molecule has 0 fully saturated rings. The Kier molecular flexibility index (Phi) is 4.49. The molecule has 1 N–H and O–H groups in total. The lowest BCUT2D eigenvalue weighted by molar-refractivity contribution is 0.0601. The number of esters is 1. The molecule has 0 saturated heterocycles. The van der Waals surface area contributed by atoms with Gasteiger partial charge in [-0.25, -0.2) is 14.2 Å². The van der Waals surface area contributed by atoms with Crippen molar-refractivity contribution in [1.29, 1.82) is 0 Å². The van der Waals surface area contributed by atoms with Crippen molar-refractivity contribution >= 4 is 23.3 Å². The molecule has 6 heteroatoms. The molecule has 0 aliphatic carbocycles. The fourth-order valence-corrected chi connectivity index (χ4v) is 1.28. The first kappa shape index (κ1) is 12.7. The smallest absolute Gasteiger partial charge is 0.341 e. The number of carbonyl (C=O) groups is 1. The van der Waals surface area contributed by atoms with Gasteiger partial charge in [-0.1, -0.05) is 11.6 Å². The van der Waals surface area contributed by atoms with E-state index in [0.29, 0.717) is 5.69 Å². The summed E-state index contributed by atoms with van der Waals surface area (Å²) < 4.78 is 16.9. The van der Waals surface area contributed by atoms with Crippen molar-refractivity contribution < 1.29 is 13.9 Å². The maximum absolute atomic E-state index is 12.4. The Morgan fingerprint density at radius 1 is 1.75 bits per heavy atom. The molecule has 4 nitrogen and oxygen atoms in total. The number of methoxy groups -OCH3 is 1. The van der Waals surface area contributed by atoms with Crippen LogP contribution < -0.4 is 5.32 Å². The summed E-state index contributed by atoms with van der Waals surface area (Å²) in [5.74, 6) is -0.544. The molecule has 0 aliphatic heterocycles. The number of hydrogen-bond donors (Lipinski definition) is 1. The van der Waals surface area contributed by atoms with Crippen molar-refractivity contribution in [2.24, 2.45) is 0 Å². The van der Waals surface area contributed by atoms with Gasteiger partial charge in [-0.2, -0.15) is 0 Å². The first-order valence-electron chi connectivity index (χ1n) is 4.64. The summed E-state index contributed by atoms with van der Waals surface area (Å²) >= 11 is 5.69. The van der Waals surface area contributed by atoms with E-state index in [4.69, 9.17) is 11.6 Å². The zero-order valence-electron chi connectivity index (χ0n) is 8.96. The van der Waals surface area contributed by atoms with Gasteiger partial charge in [0.25, 0.3) is 0 Å². The number of nitrogens with zero attached hydrogens (tertiary/aromatic N) is 1. The summed E-state index contributed by atoms with van der Waals surface area (Å²) in [7, 11) is 1.26. The fraction of sp³-hybridized carbons (Fsp3) is 0.400. The highest BCUT2D eigenvalue weighted by Crippen LogP contribution is 2.20. The van der Waals surface area contributed by atoms with Crippen LogP contribution >= 0.6 is 11.6 Å². The molecule has 0 radical (unpaired) electrons. The lowest BCUT2D eigenvalue weighted by Crippen LogP contribution is -2.19. The highest BCUT2D eigenvalue weighted by atomic mass is 35.5. The van der Waals surface area contributed by atoms with Crippen LogP contribution in [0.25, 0.3) is 0 Å². The minimum atomic E-state index is -0.555. The summed E-state index contributed by atoms with van der Waals surface area (Å²) in [5, 5.41) is 3.04. The van der Waals surface area contributed by atoms with E-state index in [2.05, 4.69) is 15.0 Å². The molecule has 0 aromatic carbocycles. The molecular weight excluding hydrogens is 235 g/mol. The Labute approximate surface area is 97.8 Å². The zero-order valence-corrected chi connectivity index (χ0v) is 9.71. The van der Waals surface area contributed by atoms with E-state index in [-0.39, 0.29) is 10.7 Å². The number of hydrogen-bond acceptors (Lipinski definition) is 4. The number of ether oxygens (including phenoxy) is 1. The van der Waals surface area contributed by atoms with Gasteiger partial charge in [0.15, 0.2) is 0 Å². The van der Waals surface area contributed by atoms with E-state index >= 15 is 0 Å². The Bertz CT molecular complexity index is 387. The van der Waals surface area contributed by atoms with Crippen LogP contribution in [0, 0.1) is 0 Å². The third-order valence-electron chi connectivity index (χ3n) is 1.91. The molecule has 1 aromatic rings. The Balaban J connectivity index is 3.03. The third kappa shape index (κ3) is 3.06. The van der Waals surface area contributed by atoms with Crippen LogP contribution in [0.4, 0.5) is 10.1 Å². The minimum Gasteiger partial charge on any atom is -0.465 e. The standard InChI is InChI=1S/C10H12ClFN2O2/c1-6(4-12)14-8-3-9(11)13-5-7(8)10(15)16-2/h3,5-6H,4H2,1-2H3,(H,13,14)/t6-/m0/s1. The zero-order chi connectivity index (χ0) is 12.1. The van der Waals surface area contributed by atoms with E-state index in [1.54, 1.807) is 6.92 Å². The van der Waals surface area contributed by atoms with Crippen LogP contribution in [0.3, 0.4) is 0 Å². The molecule has 0 bridgehead atoms. The second-order valence-corrected chi connectivity index (χ2v) is 3.63. The Morgan fingerprint density at radius 3 is 3.00 bits per heavy atom. The van der Waals surface area contributed by atoms with E-state index in [9.17, 15) is 9.18 Å². The highest BCUT2D eigenvalue weighted by molar-refractivity contribution is 6.29. The molecule has 88 valence electrons. The van der Waals surface area contributed by atoms with Crippen LogP contribution in [0.15, 0.2) is 12.3 Å². The lowest BCUT2D eigenvalue weighted by Gasteiger charge is -2.14. The van der Waals surface area contributed by atoms with Crippen molar-refractivity contribution in [1.82, 2.24) is 4.98 Å². The predicted molar refractivity (Wildman–Crippen MR) is 59.6 cm³/mol. The Morgan fingerprint density at radius 2 is 2.44 bits per heavy atom. The Hall–Kier alpha value is -1.36. The molecule has 1 aromatic heterocycles. The molecule has 0 spiro atoms. The highest BCUT2D eigenvalue weighted by Gasteiger charge is 2.14. The van der Waals surface area contributed by atoms with Gasteiger partial charge in [0, 0.05) is 6.20 Å². The van der Waals surface area contributed by atoms with E-state index in [1.807, 2.05) is 0 Å². The van der Waals surface area contributed by atoms with Gasteiger partial charge in [0.05, 0.1) is 18.8 Å². The molecule has 0 aliphatic rings. The van der Waals surface area contributed by atoms with E-state index < -0.39 is 18.7 Å². The van der Waals surface area contributed by atoms with Gasteiger partial charge >= 0.3 is 5.97 Å². The quantitative estimate of drug-likeness (QED) is 0.654. The van der Waals surface area contributed by atoms with Gasteiger partial charge in [-0.15, -0.1) is 0 Å². The monoisotopic (exact) mass is 246 g/mol. The number of anilines is 1. The van der Waals surface area contributed by atoms with Gasteiger partial charge < -0.3 is 10.1 Å². The maximum Gasteiger partial charge on any atom is 0.341 e. The molecule has 0 unspecified atom stereocenters. The number of carbonyl (C=O) groups excluding carboxylic acids is 1. The average molecular weight is 247 g/mol. The normalized spacial score (nSPS) is 12.0. The lowest BCUT2D eigenvalue weighted by atomic mass is 10.2. The van der Waals surface area contributed by atoms with Gasteiger partial charge in [-0.3, -0.25) is 0 Å². The SMILES string of the molecule is COC(=O)c1cnc(Cl)cc1N[C@@H](C)CF. The first-order chi connectivity index (χ1) is 7.58. The van der Waals surface area contributed by atoms with E-state index in [1.165, 1.54) is 19.4 Å². The average Bonchev–Trinajstić information content (AvgIpc) is 2.28. The van der Waals surface area contributed by atoms with Gasteiger partial charge in [-0.05, 0) is 13.0 Å².